The number of hydrogen-bond acceptors (Lipinski definition) is 4. The van der Waals surface area contributed by atoms with Gasteiger partial charge in [-0.05, 0) is 52.2 Å². The van der Waals surface area contributed by atoms with E-state index in [4.69, 9.17) is 9.15 Å². The molecule has 1 heterocycles. The number of aliphatic imine (C=N–C) groups is 1. The lowest BCUT2D eigenvalue weighted by molar-refractivity contribution is 0.0276. The van der Waals surface area contributed by atoms with Gasteiger partial charge in [-0.15, -0.1) is 0 Å². The highest BCUT2D eigenvalue weighted by Crippen LogP contribution is 2.23. The van der Waals surface area contributed by atoms with Gasteiger partial charge in [-0.25, -0.2) is 4.99 Å². The molecule has 1 aromatic rings. The molecule has 0 spiro atoms. The number of nitrogens with zero attached hydrogens (tertiary/aromatic N) is 1. The quantitative estimate of drug-likeness (QED) is 0.356. The SMILES string of the molecule is CCNC(=NCC(C)(O)c1ccc(C)o1)NCCCOC1CCCCC1. The third-order valence-corrected chi connectivity index (χ3v) is 4.68. The van der Waals surface area contributed by atoms with Gasteiger partial charge in [0.15, 0.2) is 5.96 Å². The summed E-state index contributed by atoms with van der Waals surface area (Å²) in [5, 5.41) is 17.1. The number of furan rings is 1. The number of hydrogen-bond donors (Lipinski definition) is 3. The first-order chi connectivity index (χ1) is 12.5. The summed E-state index contributed by atoms with van der Waals surface area (Å²) >= 11 is 0. The van der Waals surface area contributed by atoms with Crippen molar-refractivity contribution in [2.75, 3.05) is 26.2 Å². The highest BCUT2D eigenvalue weighted by atomic mass is 16.5. The van der Waals surface area contributed by atoms with Gasteiger partial charge in [-0.2, -0.15) is 0 Å². The van der Waals surface area contributed by atoms with Gasteiger partial charge in [-0.1, -0.05) is 19.3 Å². The van der Waals surface area contributed by atoms with E-state index >= 15 is 0 Å². The minimum atomic E-state index is -1.12. The molecule has 6 heteroatoms. The Hall–Kier alpha value is -1.53. The summed E-state index contributed by atoms with van der Waals surface area (Å²) in [4.78, 5) is 4.50. The molecule has 0 aliphatic heterocycles. The second-order valence-corrected chi connectivity index (χ2v) is 7.29. The molecule has 1 fully saturated rings. The van der Waals surface area contributed by atoms with E-state index in [2.05, 4.69) is 15.6 Å². The molecule has 1 aromatic heterocycles. The average molecular weight is 366 g/mol. The molecule has 0 aromatic carbocycles. The molecule has 0 radical (unpaired) electrons. The normalized spacial score (nSPS) is 18.5. The van der Waals surface area contributed by atoms with Crippen molar-refractivity contribution < 1.29 is 14.3 Å². The summed E-state index contributed by atoms with van der Waals surface area (Å²) in [7, 11) is 0. The van der Waals surface area contributed by atoms with Crippen molar-refractivity contribution in [2.45, 2.75) is 71.0 Å². The smallest absolute Gasteiger partial charge is 0.191 e. The third-order valence-electron chi connectivity index (χ3n) is 4.68. The van der Waals surface area contributed by atoms with Crippen molar-refractivity contribution in [2.24, 2.45) is 4.99 Å². The minimum absolute atomic E-state index is 0.230. The average Bonchev–Trinajstić information content (AvgIpc) is 3.07. The minimum Gasteiger partial charge on any atom is -0.463 e. The van der Waals surface area contributed by atoms with Gasteiger partial charge in [0.05, 0.1) is 12.6 Å². The van der Waals surface area contributed by atoms with Crippen LogP contribution in [0.5, 0.6) is 0 Å². The topological polar surface area (TPSA) is 79.0 Å². The molecular formula is C20H35N3O3. The van der Waals surface area contributed by atoms with E-state index < -0.39 is 5.60 Å². The van der Waals surface area contributed by atoms with Gasteiger partial charge in [0.25, 0.3) is 0 Å². The molecule has 1 atom stereocenters. The number of ether oxygens (including phenoxy) is 1. The summed E-state index contributed by atoms with van der Waals surface area (Å²) in [6.07, 6.45) is 7.76. The summed E-state index contributed by atoms with van der Waals surface area (Å²) in [6.45, 7) is 8.18. The fourth-order valence-corrected chi connectivity index (χ4v) is 3.14. The molecule has 148 valence electrons. The van der Waals surface area contributed by atoms with E-state index in [-0.39, 0.29) is 6.54 Å². The molecule has 26 heavy (non-hydrogen) atoms. The van der Waals surface area contributed by atoms with Crippen molar-refractivity contribution in [3.05, 3.63) is 23.7 Å². The van der Waals surface area contributed by atoms with E-state index in [9.17, 15) is 5.11 Å². The molecule has 3 N–H and O–H groups in total. The van der Waals surface area contributed by atoms with Crippen LogP contribution in [0.2, 0.25) is 0 Å². The van der Waals surface area contributed by atoms with Crippen LogP contribution < -0.4 is 10.6 Å². The molecule has 0 saturated heterocycles. The lowest BCUT2D eigenvalue weighted by Gasteiger charge is -2.22. The van der Waals surface area contributed by atoms with E-state index in [0.717, 1.165) is 31.9 Å². The van der Waals surface area contributed by atoms with Gasteiger partial charge < -0.3 is 24.9 Å². The van der Waals surface area contributed by atoms with Crippen molar-refractivity contribution in [3.63, 3.8) is 0 Å². The molecule has 0 bridgehead atoms. The van der Waals surface area contributed by atoms with Crippen LogP contribution in [-0.2, 0) is 10.3 Å². The van der Waals surface area contributed by atoms with Crippen LogP contribution in [0.25, 0.3) is 0 Å². The predicted molar refractivity (Wildman–Crippen MR) is 104 cm³/mol. The Labute approximate surface area is 157 Å². The van der Waals surface area contributed by atoms with Crippen LogP contribution in [0, 0.1) is 6.92 Å². The van der Waals surface area contributed by atoms with E-state index in [1.54, 1.807) is 13.0 Å². The zero-order chi connectivity index (χ0) is 18.8. The summed E-state index contributed by atoms with van der Waals surface area (Å²) < 4.78 is 11.5. The Bertz CT molecular complexity index is 548. The Morgan fingerprint density at radius 3 is 2.73 bits per heavy atom. The summed E-state index contributed by atoms with van der Waals surface area (Å²) in [6, 6.07) is 3.65. The van der Waals surface area contributed by atoms with Crippen molar-refractivity contribution in [1.29, 1.82) is 0 Å². The fourth-order valence-electron chi connectivity index (χ4n) is 3.14. The predicted octanol–water partition coefficient (Wildman–Crippen LogP) is 3.09. The Balaban J connectivity index is 1.73. The van der Waals surface area contributed by atoms with Gasteiger partial charge >= 0.3 is 0 Å². The van der Waals surface area contributed by atoms with E-state index in [1.807, 2.05) is 19.9 Å². The lowest BCUT2D eigenvalue weighted by atomic mass is 9.98. The van der Waals surface area contributed by atoms with Gasteiger partial charge in [0, 0.05) is 19.7 Å². The third kappa shape index (κ3) is 7.00. The van der Waals surface area contributed by atoms with Crippen LogP contribution >= 0.6 is 0 Å². The van der Waals surface area contributed by atoms with Crippen LogP contribution in [0.3, 0.4) is 0 Å². The molecule has 1 aliphatic rings. The maximum absolute atomic E-state index is 10.6. The Kier molecular flexibility index (Phi) is 8.45. The highest BCUT2D eigenvalue weighted by molar-refractivity contribution is 5.79. The monoisotopic (exact) mass is 365 g/mol. The number of aryl methyl sites for hydroxylation is 1. The molecule has 1 unspecified atom stereocenters. The first-order valence-corrected chi connectivity index (χ1v) is 9.94. The molecule has 0 amide bonds. The molecule has 1 saturated carbocycles. The van der Waals surface area contributed by atoms with Gasteiger partial charge in [0.2, 0.25) is 0 Å². The first-order valence-electron chi connectivity index (χ1n) is 9.94. The number of nitrogens with one attached hydrogen (secondary N) is 2. The van der Waals surface area contributed by atoms with Crippen LogP contribution in [0.15, 0.2) is 21.5 Å². The second kappa shape index (κ2) is 10.6. The summed E-state index contributed by atoms with van der Waals surface area (Å²) in [5.41, 5.74) is -1.12. The first kappa shape index (κ1) is 20.8. The van der Waals surface area contributed by atoms with Gasteiger partial charge in [-0.3, -0.25) is 0 Å². The number of guanidine groups is 1. The molecule has 2 rings (SSSR count). The lowest BCUT2D eigenvalue weighted by Crippen LogP contribution is -2.39. The van der Waals surface area contributed by atoms with Crippen LogP contribution in [0.4, 0.5) is 0 Å². The Morgan fingerprint density at radius 1 is 1.31 bits per heavy atom. The number of rotatable bonds is 9. The van der Waals surface area contributed by atoms with E-state index in [1.165, 1.54) is 32.1 Å². The Morgan fingerprint density at radius 2 is 2.08 bits per heavy atom. The van der Waals surface area contributed by atoms with Crippen molar-refractivity contribution >= 4 is 5.96 Å². The van der Waals surface area contributed by atoms with Crippen LogP contribution in [0.1, 0.15) is 63.9 Å². The molecule has 6 nitrogen and oxygen atoms in total. The van der Waals surface area contributed by atoms with Crippen molar-refractivity contribution in [1.82, 2.24) is 10.6 Å². The fraction of sp³-hybridized carbons (Fsp3) is 0.750. The molecule has 1 aliphatic carbocycles. The standard InChI is InChI=1S/C20H35N3O3/c1-4-21-19(22-13-8-14-25-17-9-6-5-7-10-17)23-15-20(3,24)18-12-11-16(2)26-18/h11-12,17,24H,4-10,13-15H2,1-3H3,(H2,21,22,23). The second-order valence-electron chi connectivity index (χ2n) is 7.29. The maximum atomic E-state index is 10.6. The zero-order valence-electron chi connectivity index (χ0n) is 16.5. The van der Waals surface area contributed by atoms with E-state index in [0.29, 0.717) is 17.8 Å². The zero-order valence-corrected chi connectivity index (χ0v) is 16.5. The molecular weight excluding hydrogens is 330 g/mol. The van der Waals surface area contributed by atoms with Gasteiger partial charge in [0.1, 0.15) is 17.1 Å². The van der Waals surface area contributed by atoms with Crippen LogP contribution in [-0.4, -0.2) is 43.4 Å². The number of aliphatic hydroxyl groups is 1. The highest BCUT2D eigenvalue weighted by Gasteiger charge is 2.26. The van der Waals surface area contributed by atoms with Crippen molar-refractivity contribution in [3.8, 4) is 0 Å². The maximum Gasteiger partial charge on any atom is 0.191 e. The summed E-state index contributed by atoms with van der Waals surface area (Å²) in [5.74, 6) is 2.02. The largest absolute Gasteiger partial charge is 0.463 e.